The number of nitrogens with zero attached hydrogens (tertiary/aromatic N) is 3. The Labute approximate surface area is 191 Å². The first-order valence-electron chi connectivity index (χ1n) is 10.5. The number of carbonyl (C=O) groups excluding carboxylic acids is 1. The fourth-order valence-corrected chi connectivity index (χ4v) is 6.79. The van der Waals surface area contributed by atoms with E-state index in [9.17, 15) is 13.2 Å². The molecule has 0 unspecified atom stereocenters. The van der Waals surface area contributed by atoms with Crippen molar-refractivity contribution in [1.82, 2.24) is 19.8 Å². The molecule has 1 fully saturated rings. The molecule has 0 saturated carbocycles. The normalized spacial score (nSPS) is 17.4. The van der Waals surface area contributed by atoms with Crippen molar-refractivity contribution < 1.29 is 17.7 Å². The van der Waals surface area contributed by atoms with Gasteiger partial charge in [-0.05, 0) is 38.3 Å². The first-order chi connectivity index (χ1) is 15.2. The van der Waals surface area contributed by atoms with Crippen molar-refractivity contribution in [3.05, 3.63) is 52.2 Å². The first-order valence-corrected chi connectivity index (χ1v) is 12.7. The Morgan fingerprint density at radius 1 is 1.25 bits per heavy atom. The van der Waals surface area contributed by atoms with E-state index in [0.29, 0.717) is 47.4 Å². The summed E-state index contributed by atoms with van der Waals surface area (Å²) in [6.07, 6.45) is 1.31. The van der Waals surface area contributed by atoms with Crippen LogP contribution in [-0.2, 0) is 21.4 Å². The molecule has 170 valence electrons. The number of aromatic nitrogens is 2. The summed E-state index contributed by atoms with van der Waals surface area (Å²) in [6, 6.07) is 9.57. The molecule has 1 atom stereocenters. The molecule has 0 aliphatic carbocycles. The number of thiophene rings is 1. The van der Waals surface area contributed by atoms with Crippen LogP contribution in [0.2, 0.25) is 0 Å². The monoisotopic (exact) mass is 474 g/mol. The molecular weight excluding hydrogens is 448 g/mol. The Morgan fingerprint density at radius 2 is 2.00 bits per heavy atom. The molecule has 8 nitrogen and oxygen atoms in total. The molecule has 0 bridgehead atoms. The van der Waals surface area contributed by atoms with Gasteiger partial charge in [0, 0.05) is 31.4 Å². The van der Waals surface area contributed by atoms with Gasteiger partial charge in [0.2, 0.25) is 27.6 Å². The van der Waals surface area contributed by atoms with E-state index < -0.39 is 10.0 Å². The highest BCUT2D eigenvalue weighted by Gasteiger charge is 2.35. The van der Waals surface area contributed by atoms with Gasteiger partial charge in [0.05, 0.1) is 15.7 Å². The summed E-state index contributed by atoms with van der Waals surface area (Å²) in [5.74, 6) is 0.313. The summed E-state index contributed by atoms with van der Waals surface area (Å²) >= 11 is 1.32. The van der Waals surface area contributed by atoms with Gasteiger partial charge in [-0.2, -0.15) is 9.29 Å². The highest BCUT2D eigenvalue weighted by molar-refractivity contribution is 7.89. The standard InChI is InChI=1S/C22H26N4O4S2/c1-14-6-8-17(9-7-14)12-23-22(27)18-5-4-10-26(13-18)32(28,29)20-11-19(31-15(20)2)21-24-16(3)30-25-21/h6-9,11,18H,4-5,10,12-13H2,1-3H3,(H,23,27)/t18-/m1/s1. The number of piperidine rings is 1. The molecule has 10 heteroatoms. The van der Waals surface area contributed by atoms with Crippen LogP contribution in [0.4, 0.5) is 0 Å². The number of hydrogen-bond acceptors (Lipinski definition) is 7. The number of nitrogens with one attached hydrogen (secondary N) is 1. The van der Waals surface area contributed by atoms with Crippen molar-refractivity contribution in [1.29, 1.82) is 0 Å². The van der Waals surface area contributed by atoms with E-state index in [2.05, 4.69) is 15.5 Å². The van der Waals surface area contributed by atoms with E-state index in [1.807, 2.05) is 31.2 Å². The van der Waals surface area contributed by atoms with Gasteiger partial charge >= 0.3 is 0 Å². The molecular formula is C22H26N4O4S2. The third-order valence-electron chi connectivity index (χ3n) is 5.58. The van der Waals surface area contributed by atoms with E-state index in [0.717, 1.165) is 11.1 Å². The Morgan fingerprint density at radius 3 is 2.69 bits per heavy atom. The first kappa shape index (κ1) is 22.6. The van der Waals surface area contributed by atoms with E-state index in [4.69, 9.17) is 4.52 Å². The number of benzene rings is 1. The highest BCUT2D eigenvalue weighted by atomic mass is 32.2. The van der Waals surface area contributed by atoms with Gasteiger partial charge in [-0.1, -0.05) is 35.0 Å². The van der Waals surface area contributed by atoms with Crippen LogP contribution in [0.15, 0.2) is 39.8 Å². The second kappa shape index (κ2) is 9.13. The Kier molecular flexibility index (Phi) is 6.45. The van der Waals surface area contributed by atoms with Crippen LogP contribution in [0.1, 0.15) is 34.7 Å². The number of sulfonamides is 1. The summed E-state index contributed by atoms with van der Waals surface area (Å²) in [4.78, 5) is 18.5. The molecule has 3 heterocycles. The number of aryl methyl sites for hydroxylation is 3. The van der Waals surface area contributed by atoms with Gasteiger partial charge in [-0.15, -0.1) is 11.3 Å². The van der Waals surface area contributed by atoms with Crippen LogP contribution in [0.3, 0.4) is 0 Å². The fraction of sp³-hybridized carbons (Fsp3) is 0.409. The Bertz CT molecular complexity index is 1220. The van der Waals surface area contributed by atoms with Crippen LogP contribution in [0.5, 0.6) is 0 Å². The van der Waals surface area contributed by atoms with Gasteiger partial charge in [0.25, 0.3) is 0 Å². The molecule has 0 radical (unpaired) electrons. The number of hydrogen-bond donors (Lipinski definition) is 1. The average Bonchev–Trinajstić information content (AvgIpc) is 3.39. The minimum Gasteiger partial charge on any atom is -0.352 e. The van der Waals surface area contributed by atoms with Gasteiger partial charge in [-0.25, -0.2) is 8.42 Å². The zero-order chi connectivity index (χ0) is 22.9. The molecule has 1 amide bonds. The van der Waals surface area contributed by atoms with Crippen molar-refractivity contribution in [2.45, 2.75) is 45.1 Å². The smallest absolute Gasteiger partial charge is 0.244 e. The van der Waals surface area contributed by atoms with Crippen molar-refractivity contribution in [2.24, 2.45) is 5.92 Å². The fourth-order valence-electron chi connectivity index (χ4n) is 3.78. The second-order valence-corrected chi connectivity index (χ2v) is 11.2. The molecule has 1 saturated heterocycles. The van der Waals surface area contributed by atoms with E-state index in [1.165, 1.54) is 15.6 Å². The average molecular weight is 475 g/mol. The Balaban J connectivity index is 1.45. The minimum absolute atomic E-state index is 0.115. The summed E-state index contributed by atoms with van der Waals surface area (Å²) in [5.41, 5.74) is 2.18. The van der Waals surface area contributed by atoms with Crippen LogP contribution < -0.4 is 5.32 Å². The van der Waals surface area contributed by atoms with Crippen LogP contribution >= 0.6 is 11.3 Å². The third kappa shape index (κ3) is 4.77. The predicted molar refractivity (Wildman–Crippen MR) is 122 cm³/mol. The number of carbonyl (C=O) groups is 1. The van der Waals surface area contributed by atoms with Crippen molar-refractivity contribution in [3.63, 3.8) is 0 Å². The predicted octanol–water partition coefficient (Wildman–Crippen LogP) is 3.44. The SMILES string of the molecule is Cc1ccc(CNC(=O)[C@@H]2CCCN(S(=O)(=O)c3cc(-c4noc(C)n4)sc3C)C2)cc1. The molecule has 1 N–H and O–H groups in total. The Hall–Kier alpha value is -2.56. The lowest BCUT2D eigenvalue weighted by Crippen LogP contribution is -2.45. The maximum Gasteiger partial charge on any atom is 0.244 e. The van der Waals surface area contributed by atoms with Crippen molar-refractivity contribution >= 4 is 27.3 Å². The topological polar surface area (TPSA) is 105 Å². The molecule has 1 aliphatic heterocycles. The second-order valence-electron chi connectivity index (χ2n) is 8.07. The molecule has 0 spiro atoms. The summed E-state index contributed by atoms with van der Waals surface area (Å²) in [6.45, 7) is 6.47. The molecule has 3 aromatic rings. The van der Waals surface area contributed by atoms with Gasteiger partial charge in [0.1, 0.15) is 0 Å². The molecule has 2 aromatic heterocycles. The van der Waals surface area contributed by atoms with Gasteiger partial charge < -0.3 is 9.84 Å². The molecule has 1 aliphatic rings. The highest BCUT2D eigenvalue weighted by Crippen LogP contribution is 2.34. The molecule has 1 aromatic carbocycles. The van der Waals surface area contributed by atoms with Gasteiger partial charge in [0.15, 0.2) is 0 Å². The maximum absolute atomic E-state index is 13.4. The lowest BCUT2D eigenvalue weighted by Gasteiger charge is -2.31. The summed E-state index contributed by atoms with van der Waals surface area (Å²) < 4.78 is 33.2. The maximum atomic E-state index is 13.4. The van der Waals surface area contributed by atoms with Crippen LogP contribution in [-0.4, -0.2) is 41.9 Å². The third-order valence-corrected chi connectivity index (χ3v) is 8.75. The molecule has 32 heavy (non-hydrogen) atoms. The summed E-state index contributed by atoms with van der Waals surface area (Å²) in [7, 11) is -3.73. The van der Waals surface area contributed by atoms with Crippen molar-refractivity contribution in [3.8, 4) is 10.7 Å². The van der Waals surface area contributed by atoms with Gasteiger partial charge in [-0.3, -0.25) is 4.79 Å². The lowest BCUT2D eigenvalue weighted by atomic mass is 9.98. The quantitative estimate of drug-likeness (QED) is 0.587. The van der Waals surface area contributed by atoms with E-state index in [1.54, 1.807) is 19.9 Å². The largest absolute Gasteiger partial charge is 0.352 e. The van der Waals surface area contributed by atoms with Crippen molar-refractivity contribution in [2.75, 3.05) is 13.1 Å². The van der Waals surface area contributed by atoms with Crippen LogP contribution in [0, 0.1) is 26.7 Å². The zero-order valence-corrected chi connectivity index (χ0v) is 19.9. The lowest BCUT2D eigenvalue weighted by molar-refractivity contribution is -0.126. The minimum atomic E-state index is -3.73. The molecule has 4 rings (SSSR count). The number of amides is 1. The van der Waals surface area contributed by atoms with E-state index in [-0.39, 0.29) is 23.3 Å². The summed E-state index contributed by atoms with van der Waals surface area (Å²) in [5, 5.41) is 6.84. The number of rotatable bonds is 6. The zero-order valence-electron chi connectivity index (χ0n) is 18.3. The van der Waals surface area contributed by atoms with E-state index >= 15 is 0 Å². The van der Waals surface area contributed by atoms with Crippen LogP contribution in [0.25, 0.3) is 10.7 Å².